The van der Waals surface area contributed by atoms with Crippen LogP contribution in [0, 0.1) is 5.92 Å². The summed E-state index contributed by atoms with van der Waals surface area (Å²) < 4.78 is 5.52. The van der Waals surface area contributed by atoms with Gasteiger partial charge in [0.25, 0.3) is 0 Å². The molecule has 0 spiro atoms. The standard InChI is InChI=1S/C21H31N3O3/c25-20(23-16-19-4-2-14-27-19)7-5-17-9-12-24(13-10-17)21(26)8-6-18-3-1-11-22-15-18/h1,3,11,15,17,19H,2,4-10,12-14,16H2,(H,23,25). The van der Waals surface area contributed by atoms with E-state index in [-0.39, 0.29) is 17.9 Å². The first-order valence-corrected chi connectivity index (χ1v) is 10.3. The summed E-state index contributed by atoms with van der Waals surface area (Å²) in [5, 5.41) is 2.99. The monoisotopic (exact) mass is 373 g/mol. The van der Waals surface area contributed by atoms with E-state index in [0.717, 1.165) is 63.8 Å². The predicted molar refractivity (Wildman–Crippen MR) is 103 cm³/mol. The maximum Gasteiger partial charge on any atom is 0.222 e. The fourth-order valence-electron chi connectivity index (χ4n) is 3.88. The Balaban J connectivity index is 1.28. The summed E-state index contributed by atoms with van der Waals surface area (Å²) in [4.78, 5) is 30.5. The first kappa shape index (κ1) is 19.8. The van der Waals surface area contributed by atoms with Crippen LogP contribution in [-0.4, -0.2) is 54.0 Å². The largest absolute Gasteiger partial charge is 0.376 e. The summed E-state index contributed by atoms with van der Waals surface area (Å²) in [5.74, 6) is 0.896. The lowest BCUT2D eigenvalue weighted by Crippen LogP contribution is -2.39. The number of hydrogen-bond acceptors (Lipinski definition) is 4. The Hall–Kier alpha value is -1.95. The minimum Gasteiger partial charge on any atom is -0.376 e. The molecule has 2 amide bonds. The second-order valence-electron chi connectivity index (χ2n) is 7.66. The second-order valence-corrected chi connectivity index (χ2v) is 7.66. The van der Waals surface area contributed by atoms with Crippen molar-refractivity contribution in [3.8, 4) is 0 Å². The van der Waals surface area contributed by atoms with E-state index in [1.54, 1.807) is 6.20 Å². The Kier molecular flexibility index (Phi) is 7.63. The van der Waals surface area contributed by atoms with Gasteiger partial charge in [0.05, 0.1) is 6.10 Å². The molecule has 0 bridgehead atoms. The topological polar surface area (TPSA) is 71.5 Å². The van der Waals surface area contributed by atoms with E-state index in [1.165, 1.54) is 0 Å². The molecule has 1 aromatic rings. The number of ether oxygens (including phenoxy) is 1. The van der Waals surface area contributed by atoms with Crippen molar-refractivity contribution >= 4 is 11.8 Å². The normalized spacial score (nSPS) is 20.6. The van der Waals surface area contributed by atoms with Gasteiger partial charge >= 0.3 is 0 Å². The summed E-state index contributed by atoms with van der Waals surface area (Å²) in [6, 6.07) is 3.92. The molecule has 3 heterocycles. The molecule has 27 heavy (non-hydrogen) atoms. The lowest BCUT2D eigenvalue weighted by atomic mass is 9.92. The second kappa shape index (κ2) is 10.4. The Morgan fingerprint density at radius 1 is 1.22 bits per heavy atom. The summed E-state index contributed by atoms with van der Waals surface area (Å²) >= 11 is 0. The summed E-state index contributed by atoms with van der Waals surface area (Å²) in [7, 11) is 0. The van der Waals surface area contributed by atoms with Gasteiger partial charge < -0.3 is 15.0 Å². The van der Waals surface area contributed by atoms with Crippen molar-refractivity contribution in [3.63, 3.8) is 0 Å². The van der Waals surface area contributed by atoms with Crippen LogP contribution in [0.2, 0.25) is 0 Å². The van der Waals surface area contributed by atoms with Gasteiger partial charge in [0.1, 0.15) is 0 Å². The molecule has 2 fully saturated rings. The number of piperidine rings is 1. The maximum absolute atomic E-state index is 12.4. The van der Waals surface area contributed by atoms with Crippen LogP contribution in [0.1, 0.15) is 50.5 Å². The number of amides is 2. The van der Waals surface area contributed by atoms with Gasteiger partial charge in [0, 0.05) is 51.5 Å². The van der Waals surface area contributed by atoms with Crippen LogP contribution in [0.4, 0.5) is 0 Å². The average molecular weight is 373 g/mol. The van der Waals surface area contributed by atoms with Crippen LogP contribution in [0.5, 0.6) is 0 Å². The molecule has 148 valence electrons. The Morgan fingerprint density at radius 3 is 2.78 bits per heavy atom. The Labute approximate surface area is 161 Å². The van der Waals surface area contributed by atoms with Gasteiger partial charge in [-0.1, -0.05) is 6.07 Å². The fraction of sp³-hybridized carbons (Fsp3) is 0.667. The molecule has 2 aliphatic heterocycles. The lowest BCUT2D eigenvalue weighted by Gasteiger charge is -2.32. The van der Waals surface area contributed by atoms with Gasteiger partial charge in [-0.15, -0.1) is 0 Å². The molecule has 6 heteroatoms. The summed E-state index contributed by atoms with van der Waals surface area (Å²) in [6.07, 6.45) is 10.7. The van der Waals surface area contributed by atoms with Crippen LogP contribution in [0.25, 0.3) is 0 Å². The highest BCUT2D eigenvalue weighted by atomic mass is 16.5. The molecule has 1 atom stereocenters. The van der Waals surface area contributed by atoms with E-state index in [9.17, 15) is 9.59 Å². The highest BCUT2D eigenvalue weighted by Crippen LogP contribution is 2.22. The van der Waals surface area contributed by atoms with Crippen molar-refractivity contribution < 1.29 is 14.3 Å². The highest BCUT2D eigenvalue weighted by Gasteiger charge is 2.23. The van der Waals surface area contributed by atoms with Gasteiger partial charge in [0.15, 0.2) is 0 Å². The van der Waals surface area contributed by atoms with Crippen molar-refractivity contribution in [2.75, 3.05) is 26.2 Å². The van der Waals surface area contributed by atoms with Crippen molar-refractivity contribution in [1.82, 2.24) is 15.2 Å². The highest BCUT2D eigenvalue weighted by molar-refractivity contribution is 5.76. The first-order chi connectivity index (χ1) is 13.2. The van der Waals surface area contributed by atoms with E-state index in [4.69, 9.17) is 4.74 Å². The van der Waals surface area contributed by atoms with Crippen LogP contribution in [0.15, 0.2) is 24.5 Å². The molecule has 2 aliphatic rings. The van der Waals surface area contributed by atoms with Crippen LogP contribution >= 0.6 is 0 Å². The molecule has 0 aliphatic carbocycles. The third-order valence-electron chi connectivity index (χ3n) is 5.65. The molecule has 1 N–H and O–H groups in total. The van der Waals surface area contributed by atoms with Gasteiger partial charge in [-0.25, -0.2) is 0 Å². The number of hydrogen-bond donors (Lipinski definition) is 1. The zero-order valence-electron chi connectivity index (χ0n) is 16.1. The minimum absolute atomic E-state index is 0.125. The first-order valence-electron chi connectivity index (χ1n) is 10.3. The van der Waals surface area contributed by atoms with E-state index >= 15 is 0 Å². The average Bonchev–Trinajstić information content (AvgIpc) is 3.24. The van der Waals surface area contributed by atoms with Crippen molar-refractivity contribution in [2.24, 2.45) is 5.92 Å². The van der Waals surface area contributed by atoms with E-state index < -0.39 is 0 Å². The summed E-state index contributed by atoms with van der Waals surface area (Å²) in [5.41, 5.74) is 1.11. The molecular weight excluding hydrogens is 342 g/mol. The molecule has 0 saturated carbocycles. The number of pyridine rings is 1. The SMILES string of the molecule is O=C(CCC1CCN(C(=O)CCc2cccnc2)CC1)NCC1CCCO1. The van der Waals surface area contributed by atoms with Gasteiger partial charge in [-0.05, 0) is 56.1 Å². The van der Waals surface area contributed by atoms with Gasteiger partial charge in [0.2, 0.25) is 11.8 Å². The fourth-order valence-corrected chi connectivity index (χ4v) is 3.88. The molecule has 0 aromatic carbocycles. The number of carbonyl (C=O) groups excluding carboxylic acids is 2. The van der Waals surface area contributed by atoms with Gasteiger partial charge in [-0.3, -0.25) is 14.6 Å². The van der Waals surface area contributed by atoms with Crippen molar-refractivity contribution in [3.05, 3.63) is 30.1 Å². The third kappa shape index (κ3) is 6.61. The van der Waals surface area contributed by atoms with Crippen molar-refractivity contribution in [1.29, 1.82) is 0 Å². The Morgan fingerprint density at radius 2 is 2.07 bits per heavy atom. The Bertz CT molecular complexity index is 594. The predicted octanol–water partition coefficient (Wildman–Crippen LogP) is 2.33. The number of aryl methyl sites for hydroxylation is 1. The molecule has 6 nitrogen and oxygen atoms in total. The zero-order chi connectivity index (χ0) is 18.9. The summed E-state index contributed by atoms with van der Waals surface area (Å²) in [6.45, 7) is 3.09. The third-order valence-corrected chi connectivity index (χ3v) is 5.65. The van der Waals surface area contributed by atoms with E-state index in [2.05, 4.69) is 10.3 Å². The van der Waals surface area contributed by atoms with Crippen LogP contribution in [-0.2, 0) is 20.7 Å². The van der Waals surface area contributed by atoms with E-state index in [0.29, 0.717) is 25.3 Å². The molecule has 1 aromatic heterocycles. The van der Waals surface area contributed by atoms with Crippen LogP contribution in [0.3, 0.4) is 0 Å². The number of carbonyl (C=O) groups is 2. The molecule has 2 saturated heterocycles. The number of likely N-dealkylation sites (tertiary alicyclic amines) is 1. The van der Waals surface area contributed by atoms with Gasteiger partial charge in [-0.2, -0.15) is 0 Å². The number of aromatic nitrogens is 1. The number of nitrogens with zero attached hydrogens (tertiary/aromatic N) is 2. The smallest absolute Gasteiger partial charge is 0.222 e. The number of nitrogens with one attached hydrogen (secondary N) is 1. The maximum atomic E-state index is 12.4. The molecular formula is C21H31N3O3. The van der Waals surface area contributed by atoms with E-state index in [1.807, 2.05) is 23.2 Å². The van der Waals surface area contributed by atoms with Crippen LogP contribution < -0.4 is 5.32 Å². The minimum atomic E-state index is 0.125. The molecule has 1 unspecified atom stereocenters. The molecule has 3 rings (SSSR count). The zero-order valence-corrected chi connectivity index (χ0v) is 16.1. The van der Waals surface area contributed by atoms with Crippen molar-refractivity contribution in [2.45, 2.75) is 57.5 Å². The quantitative estimate of drug-likeness (QED) is 0.759. The lowest BCUT2D eigenvalue weighted by molar-refractivity contribution is -0.132. The number of rotatable bonds is 8. The molecule has 0 radical (unpaired) electrons.